The third kappa shape index (κ3) is 4.07. The van der Waals surface area contributed by atoms with Crippen molar-refractivity contribution in [3.8, 4) is 6.07 Å². The molecule has 0 aromatic heterocycles. The van der Waals surface area contributed by atoms with Crippen molar-refractivity contribution >= 4 is 22.6 Å². The highest BCUT2D eigenvalue weighted by atomic mass is 127. The van der Waals surface area contributed by atoms with E-state index in [1.165, 1.54) is 0 Å². The van der Waals surface area contributed by atoms with E-state index in [0.29, 0.717) is 10.3 Å². The molecule has 0 radical (unpaired) electrons. The number of nitrogens with zero attached hydrogens (tertiary/aromatic N) is 1. The molecule has 1 nitrogen and oxygen atoms in total. The lowest BCUT2D eigenvalue weighted by Crippen LogP contribution is -1.89. The van der Waals surface area contributed by atoms with E-state index >= 15 is 0 Å². The first-order chi connectivity index (χ1) is 3.31. The van der Waals surface area contributed by atoms with Gasteiger partial charge in [-0.25, -0.2) is 0 Å². The van der Waals surface area contributed by atoms with Crippen LogP contribution in [-0.4, -0.2) is 3.92 Å². The van der Waals surface area contributed by atoms with Crippen molar-refractivity contribution in [3.05, 3.63) is 0 Å². The Kier molecular flexibility index (Phi) is 4.52. The Balaban J connectivity index is 3.03. The number of hydrogen-bond acceptors (Lipinski definition) is 1. The van der Waals surface area contributed by atoms with Crippen molar-refractivity contribution in [3.63, 3.8) is 0 Å². The fourth-order valence-corrected chi connectivity index (χ4v) is 0.440. The largest absolute Gasteiger partial charge is 0.198 e. The number of hydrogen-bond donors (Lipinski definition) is 0. The zero-order valence-corrected chi connectivity index (χ0v) is 6.47. The van der Waals surface area contributed by atoms with Gasteiger partial charge in [0.25, 0.3) is 0 Å². The highest BCUT2D eigenvalue weighted by Gasteiger charge is 1.95. The van der Waals surface area contributed by atoms with Crippen LogP contribution in [0.1, 0.15) is 19.8 Å². The summed E-state index contributed by atoms with van der Waals surface area (Å²) in [4.78, 5) is 0. The molecule has 0 aromatic carbocycles. The van der Waals surface area contributed by atoms with Gasteiger partial charge in [0, 0.05) is 10.3 Å². The molecule has 0 aliphatic heterocycles. The Morgan fingerprint density at radius 1 is 1.86 bits per heavy atom. The molecule has 0 bridgehead atoms. The second-order valence-electron chi connectivity index (χ2n) is 1.37. The van der Waals surface area contributed by atoms with Crippen LogP contribution < -0.4 is 0 Å². The van der Waals surface area contributed by atoms with E-state index in [4.69, 9.17) is 5.26 Å². The molecular weight excluding hydrogens is 201 g/mol. The van der Waals surface area contributed by atoms with Crippen LogP contribution in [0, 0.1) is 11.3 Å². The minimum Gasteiger partial charge on any atom is -0.198 e. The highest BCUT2D eigenvalue weighted by Crippen LogP contribution is 2.07. The van der Waals surface area contributed by atoms with Crippen LogP contribution in [0.3, 0.4) is 0 Å². The van der Waals surface area contributed by atoms with E-state index in [9.17, 15) is 0 Å². The average Bonchev–Trinajstić information content (AvgIpc) is 1.68. The topological polar surface area (TPSA) is 23.8 Å². The zero-order valence-electron chi connectivity index (χ0n) is 4.32. The fraction of sp³-hybridized carbons (Fsp3) is 0.800. The van der Waals surface area contributed by atoms with E-state index in [1.807, 2.05) is 0 Å². The summed E-state index contributed by atoms with van der Waals surface area (Å²) < 4.78 is 0.558. The van der Waals surface area contributed by atoms with Crippen LogP contribution in [-0.2, 0) is 0 Å². The molecule has 1 unspecified atom stereocenters. The Morgan fingerprint density at radius 2 is 2.43 bits per heavy atom. The quantitative estimate of drug-likeness (QED) is 0.504. The maximum Gasteiger partial charge on any atom is 0.0632 e. The summed E-state index contributed by atoms with van der Waals surface area (Å²) in [5.74, 6) is 0. The molecule has 1 atom stereocenters. The first-order valence-corrected chi connectivity index (χ1v) is 3.56. The summed E-state index contributed by atoms with van der Waals surface area (Å²) in [6, 6.07) is 2.11. The van der Waals surface area contributed by atoms with Crippen LogP contribution in [0.2, 0.25) is 0 Å². The monoisotopic (exact) mass is 209 g/mol. The second kappa shape index (κ2) is 4.38. The normalized spacial score (nSPS) is 12.7. The standard InChI is InChI=1S/C5H8IN/c1-2-5(6)3-4-7/h5H,2-3H2,1H3. The van der Waals surface area contributed by atoms with Gasteiger partial charge in [0.15, 0.2) is 0 Å². The summed E-state index contributed by atoms with van der Waals surface area (Å²) in [7, 11) is 0. The molecule has 0 aliphatic rings. The third-order valence-electron chi connectivity index (χ3n) is 0.756. The van der Waals surface area contributed by atoms with E-state index in [1.54, 1.807) is 0 Å². The molecular formula is C5H8IN. The molecule has 0 amide bonds. The van der Waals surface area contributed by atoms with Gasteiger partial charge in [-0.1, -0.05) is 29.5 Å². The lowest BCUT2D eigenvalue weighted by Gasteiger charge is -1.94. The van der Waals surface area contributed by atoms with E-state index < -0.39 is 0 Å². The van der Waals surface area contributed by atoms with Gasteiger partial charge < -0.3 is 0 Å². The average molecular weight is 209 g/mol. The molecule has 0 saturated heterocycles. The Hall–Kier alpha value is 0.220. The fourth-order valence-electron chi connectivity index (χ4n) is 0.243. The van der Waals surface area contributed by atoms with Crippen LogP contribution >= 0.6 is 22.6 Å². The maximum absolute atomic E-state index is 8.11. The first-order valence-electron chi connectivity index (χ1n) is 2.32. The summed E-state index contributed by atoms with van der Waals surface area (Å²) in [5, 5.41) is 8.11. The highest BCUT2D eigenvalue weighted by molar-refractivity contribution is 14.1. The number of halogens is 1. The van der Waals surface area contributed by atoms with E-state index in [2.05, 4.69) is 35.6 Å². The van der Waals surface area contributed by atoms with Gasteiger partial charge in [0.1, 0.15) is 0 Å². The summed E-state index contributed by atoms with van der Waals surface area (Å²) in [6.07, 6.45) is 1.80. The molecule has 40 valence electrons. The molecule has 7 heavy (non-hydrogen) atoms. The van der Waals surface area contributed by atoms with Gasteiger partial charge in [0.05, 0.1) is 6.07 Å². The predicted molar refractivity (Wildman–Crippen MR) is 38.3 cm³/mol. The zero-order chi connectivity index (χ0) is 5.70. The molecule has 0 saturated carbocycles. The predicted octanol–water partition coefficient (Wildman–Crippen LogP) is 2.11. The van der Waals surface area contributed by atoms with Crippen LogP contribution in [0.25, 0.3) is 0 Å². The van der Waals surface area contributed by atoms with Gasteiger partial charge in [-0.15, -0.1) is 0 Å². The van der Waals surface area contributed by atoms with Gasteiger partial charge in [-0.2, -0.15) is 5.26 Å². The molecule has 0 aromatic rings. The Morgan fingerprint density at radius 3 is 2.57 bits per heavy atom. The van der Waals surface area contributed by atoms with Crippen LogP contribution in [0.5, 0.6) is 0 Å². The third-order valence-corrected chi connectivity index (χ3v) is 2.08. The number of alkyl halides is 1. The molecule has 0 rings (SSSR count). The molecule has 0 N–H and O–H groups in total. The van der Waals surface area contributed by atoms with Crippen molar-refractivity contribution in [1.82, 2.24) is 0 Å². The van der Waals surface area contributed by atoms with Crippen molar-refractivity contribution in [2.75, 3.05) is 0 Å². The molecule has 2 heteroatoms. The summed E-state index contributed by atoms with van der Waals surface area (Å²) in [6.45, 7) is 2.09. The molecule has 0 heterocycles. The molecule has 0 fully saturated rings. The van der Waals surface area contributed by atoms with E-state index in [-0.39, 0.29) is 0 Å². The maximum atomic E-state index is 8.11. The van der Waals surface area contributed by atoms with Gasteiger partial charge in [-0.05, 0) is 6.42 Å². The van der Waals surface area contributed by atoms with Crippen molar-refractivity contribution in [1.29, 1.82) is 5.26 Å². The first kappa shape index (κ1) is 7.22. The van der Waals surface area contributed by atoms with Gasteiger partial charge in [-0.3, -0.25) is 0 Å². The molecule has 0 aliphatic carbocycles. The Bertz CT molecular complexity index is 74.6. The van der Waals surface area contributed by atoms with Crippen LogP contribution in [0.4, 0.5) is 0 Å². The van der Waals surface area contributed by atoms with Gasteiger partial charge in [0.2, 0.25) is 0 Å². The Labute approximate surface area is 57.9 Å². The van der Waals surface area contributed by atoms with Gasteiger partial charge >= 0.3 is 0 Å². The minimum atomic E-state index is 0.558. The molecule has 0 spiro atoms. The lowest BCUT2D eigenvalue weighted by atomic mass is 10.3. The van der Waals surface area contributed by atoms with Crippen molar-refractivity contribution < 1.29 is 0 Å². The smallest absolute Gasteiger partial charge is 0.0632 e. The number of rotatable bonds is 2. The SMILES string of the molecule is CCC(I)CC#N. The summed E-state index contributed by atoms with van der Waals surface area (Å²) >= 11 is 2.28. The minimum absolute atomic E-state index is 0.558. The van der Waals surface area contributed by atoms with E-state index in [0.717, 1.165) is 6.42 Å². The lowest BCUT2D eigenvalue weighted by molar-refractivity contribution is 0.873. The second-order valence-corrected chi connectivity index (χ2v) is 3.13. The number of nitriles is 1. The van der Waals surface area contributed by atoms with Crippen molar-refractivity contribution in [2.45, 2.75) is 23.7 Å². The van der Waals surface area contributed by atoms with Crippen LogP contribution in [0.15, 0.2) is 0 Å². The van der Waals surface area contributed by atoms with Crippen molar-refractivity contribution in [2.24, 2.45) is 0 Å². The summed E-state index contributed by atoms with van der Waals surface area (Å²) in [5.41, 5.74) is 0.